The minimum absolute atomic E-state index is 0. The summed E-state index contributed by atoms with van der Waals surface area (Å²) in [5, 5.41) is 0. The second-order valence-corrected chi connectivity index (χ2v) is 5.20. The van der Waals surface area contributed by atoms with Crippen molar-refractivity contribution >= 4 is 27.7 Å². The Morgan fingerprint density at radius 3 is 0.857 bits per heavy atom. The first-order valence-corrected chi connectivity index (χ1v) is 6.20. The molecule has 0 aromatic rings. The average Bonchev–Trinajstić information content (AvgIpc) is 1.41. The van der Waals surface area contributed by atoms with E-state index >= 15 is 0 Å². The van der Waals surface area contributed by atoms with E-state index in [0.29, 0.717) is 0 Å². The zero-order chi connectivity index (χ0) is 5.58. The van der Waals surface area contributed by atoms with Crippen LogP contribution in [0.15, 0.2) is 0 Å². The Labute approximate surface area is 61.5 Å². The maximum absolute atomic E-state index is 2.31. The molecule has 42 valence electrons. The fourth-order valence-electron chi connectivity index (χ4n) is 0. The van der Waals surface area contributed by atoms with E-state index in [1.54, 1.807) is 0 Å². The zero-order valence-electron chi connectivity index (χ0n) is 5.58. The van der Waals surface area contributed by atoms with Crippen molar-refractivity contribution in [3.8, 4) is 0 Å². The van der Waals surface area contributed by atoms with Gasteiger partial charge in [-0.2, -0.15) is 0 Å². The quantitative estimate of drug-likeness (QED) is 0.416. The molecular formula is C5H17LiSi. The van der Waals surface area contributed by atoms with Crippen molar-refractivity contribution in [3.63, 3.8) is 0 Å². The van der Waals surface area contributed by atoms with Crippen LogP contribution in [0.3, 0.4) is 0 Å². The molecule has 0 aliphatic carbocycles. The molecule has 7 heavy (non-hydrogen) atoms. The van der Waals surface area contributed by atoms with Gasteiger partial charge in [0, 0.05) is 8.80 Å². The van der Waals surface area contributed by atoms with Gasteiger partial charge in [-0.25, -0.2) is 0 Å². The Balaban J connectivity index is -0.0000000480. The number of hydrogen-bond donors (Lipinski definition) is 0. The standard InChI is InChI=1S/C3H10Si.C2H6.Li.H/c1-4(2)3;1-2;;/h4H,1-3H3;1-2H3;;. The molecule has 0 atom stereocenters. The molecule has 0 amide bonds. The molecule has 0 aromatic carbocycles. The summed E-state index contributed by atoms with van der Waals surface area (Å²) >= 11 is 0. The van der Waals surface area contributed by atoms with Crippen molar-refractivity contribution in [2.75, 3.05) is 0 Å². The van der Waals surface area contributed by atoms with Gasteiger partial charge >= 0.3 is 18.9 Å². The van der Waals surface area contributed by atoms with Crippen molar-refractivity contribution in [2.24, 2.45) is 0 Å². The predicted molar refractivity (Wildman–Crippen MR) is 43.2 cm³/mol. The van der Waals surface area contributed by atoms with Crippen LogP contribution in [0.25, 0.3) is 0 Å². The van der Waals surface area contributed by atoms with Crippen LogP contribution in [-0.2, 0) is 0 Å². The van der Waals surface area contributed by atoms with Crippen LogP contribution < -0.4 is 0 Å². The van der Waals surface area contributed by atoms with Crippen molar-refractivity contribution in [2.45, 2.75) is 33.5 Å². The van der Waals surface area contributed by atoms with Gasteiger partial charge in [0.1, 0.15) is 0 Å². The topological polar surface area (TPSA) is 0 Å². The van der Waals surface area contributed by atoms with E-state index in [1.165, 1.54) is 0 Å². The number of rotatable bonds is 0. The molecule has 0 saturated carbocycles. The van der Waals surface area contributed by atoms with Gasteiger partial charge in [-0.1, -0.05) is 33.5 Å². The van der Waals surface area contributed by atoms with E-state index in [0.717, 1.165) is 0 Å². The predicted octanol–water partition coefficient (Wildman–Crippen LogP) is 1.48. The summed E-state index contributed by atoms with van der Waals surface area (Å²) in [6.07, 6.45) is 0. The molecule has 0 spiro atoms. The summed E-state index contributed by atoms with van der Waals surface area (Å²) in [6, 6.07) is 0. The summed E-state index contributed by atoms with van der Waals surface area (Å²) in [4.78, 5) is 0. The normalized spacial score (nSPS) is 6.00. The molecule has 0 N–H and O–H groups in total. The summed E-state index contributed by atoms with van der Waals surface area (Å²) in [7, 11) is -0.139. The van der Waals surface area contributed by atoms with Gasteiger partial charge in [0.05, 0.1) is 0 Å². The van der Waals surface area contributed by atoms with E-state index in [9.17, 15) is 0 Å². The van der Waals surface area contributed by atoms with Crippen LogP contribution in [0.4, 0.5) is 0 Å². The van der Waals surface area contributed by atoms with Gasteiger partial charge in [-0.05, 0) is 0 Å². The molecule has 2 heteroatoms. The zero-order valence-corrected chi connectivity index (χ0v) is 6.73. The van der Waals surface area contributed by atoms with Crippen molar-refractivity contribution < 1.29 is 0 Å². The van der Waals surface area contributed by atoms with E-state index in [4.69, 9.17) is 0 Å². The number of hydrogen-bond acceptors (Lipinski definition) is 0. The Morgan fingerprint density at radius 1 is 0.857 bits per heavy atom. The fourth-order valence-corrected chi connectivity index (χ4v) is 0. The van der Waals surface area contributed by atoms with Crippen molar-refractivity contribution in [1.29, 1.82) is 0 Å². The van der Waals surface area contributed by atoms with Crippen molar-refractivity contribution in [1.82, 2.24) is 0 Å². The molecule has 0 aliphatic heterocycles. The Bertz CT molecular complexity index is 12.8. The van der Waals surface area contributed by atoms with Gasteiger partial charge < -0.3 is 0 Å². The first kappa shape index (κ1) is 15.7. The second kappa shape index (κ2) is 15.8. The molecule has 0 unspecified atom stereocenters. The summed E-state index contributed by atoms with van der Waals surface area (Å²) < 4.78 is 0. The molecule has 0 aliphatic rings. The van der Waals surface area contributed by atoms with E-state index in [-0.39, 0.29) is 27.7 Å². The van der Waals surface area contributed by atoms with Crippen LogP contribution in [0.5, 0.6) is 0 Å². The van der Waals surface area contributed by atoms with Gasteiger partial charge in [-0.15, -0.1) is 0 Å². The van der Waals surface area contributed by atoms with Crippen LogP contribution in [-0.4, -0.2) is 27.7 Å². The third-order valence-electron chi connectivity index (χ3n) is 0. The first-order valence-electron chi connectivity index (χ1n) is 2.73. The summed E-state index contributed by atoms with van der Waals surface area (Å²) in [5.74, 6) is 0. The van der Waals surface area contributed by atoms with Crippen molar-refractivity contribution in [3.05, 3.63) is 0 Å². The molecule has 0 aromatic heterocycles. The second-order valence-electron chi connectivity index (χ2n) is 1.73. The van der Waals surface area contributed by atoms with Gasteiger partial charge in [0.25, 0.3) is 0 Å². The SMILES string of the molecule is CC.C[SiH](C)C.[LiH]. The molecule has 0 nitrogen and oxygen atoms in total. The van der Waals surface area contributed by atoms with E-state index < -0.39 is 0 Å². The third-order valence-corrected chi connectivity index (χ3v) is 0. The third kappa shape index (κ3) is 238. The summed E-state index contributed by atoms with van der Waals surface area (Å²) in [6.45, 7) is 10.9. The van der Waals surface area contributed by atoms with Crippen LogP contribution in [0.2, 0.25) is 19.6 Å². The van der Waals surface area contributed by atoms with Crippen LogP contribution in [0.1, 0.15) is 13.8 Å². The van der Waals surface area contributed by atoms with E-state index in [2.05, 4.69) is 19.6 Å². The molecule has 0 bridgehead atoms. The van der Waals surface area contributed by atoms with Gasteiger partial charge in [-0.3, -0.25) is 0 Å². The van der Waals surface area contributed by atoms with Gasteiger partial charge in [0.2, 0.25) is 0 Å². The molecular weight excluding hydrogens is 95.1 g/mol. The molecule has 0 rings (SSSR count). The van der Waals surface area contributed by atoms with E-state index in [1.807, 2.05) is 13.8 Å². The first-order chi connectivity index (χ1) is 2.73. The van der Waals surface area contributed by atoms with Crippen LogP contribution in [0, 0.1) is 0 Å². The Hall–Kier alpha value is 0.814. The molecule has 0 radical (unpaired) electrons. The Morgan fingerprint density at radius 2 is 0.857 bits per heavy atom. The maximum atomic E-state index is 2.31. The fraction of sp³-hybridized carbons (Fsp3) is 1.00. The molecule has 0 fully saturated rings. The summed E-state index contributed by atoms with van der Waals surface area (Å²) in [5.41, 5.74) is 0. The molecule has 0 saturated heterocycles. The Kier molecular flexibility index (Phi) is 35.4. The molecule has 0 heterocycles. The van der Waals surface area contributed by atoms with Gasteiger partial charge in [0.15, 0.2) is 0 Å². The monoisotopic (exact) mass is 112 g/mol. The minimum atomic E-state index is -0.139. The van der Waals surface area contributed by atoms with Crippen LogP contribution >= 0.6 is 0 Å². The average molecular weight is 112 g/mol.